The monoisotopic (exact) mass is 174 g/mol. The summed E-state index contributed by atoms with van der Waals surface area (Å²) in [5, 5.41) is 0. The lowest BCUT2D eigenvalue weighted by molar-refractivity contribution is 0.928. The molecule has 2 aromatic heterocycles. The Morgan fingerprint density at radius 2 is 2.23 bits per heavy atom. The van der Waals surface area contributed by atoms with Crippen LogP contribution in [0, 0.1) is 0 Å². The lowest BCUT2D eigenvalue weighted by Gasteiger charge is -1.96. The average molecular weight is 174 g/mol. The van der Waals surface area contributed by atoms with Crippen LogP contribution in [0.25, 0.3) is 11.3 Å². The van der Waals surface area contributed by atoms with E-state index in [1.54, 1.807) is 6.20 Å². The molecule has 0 aliphatic rings. The van der Waals surface area contributed by atoms with E-state index in [9.17, 15) is 0 Å². The van der Waals surface area contributed by atoms with E-state index in [2.05, 4.69) is 9.97 Å². The first-order chi connectivity index (χ1) is 6.25. The van der Waals surface area contributed by atoms with Crippen molar-refractivity contribution < 1.29 is 0 Å². The van der Waals surface area contributed by atoms with Crippen LogP contribution in [0.2, 0.25) is 0 Å². The van der Waals surface area contributed by atoms with Gasteiger partial charge in [-0.15, -0.1) is 0 Å². The van der Waals surface area contributed by atoms with E-state index in [0.29, 0.717) is 5.95 Å². The largest absolute Gasteiger partial charge is 0.368 e. The number of rotatable bonds is 1. The Kier molecular flexibility index (Phi) is 1.73. The maximum absolute atomic E-state index is 5.47. The van der Waals surface area contributed by atoms with Crippen molar-refractivity contribution in [1.29, 1.82) is 0 Å². The molecule has 0 aliphatic carbocycles. The van der Waals surface area contributed by atoms with Crippen molar-refractivity contribution in [3.05, 3.63) is 30.7 Å². The van der Waals surface area contributed by atoms with Gasteiger partial charge in [0.05, 0.1) is 5.69 Å². The molecule has 0 aliphatic heterocycles. The summed E-state index contributed by atoms with van der Waals surface area (Å²) in [4.78, 5) is 7.94. The number of hydrogen-bond acceptors (Lipinski definition) is 3. The molecule has 0 radical (unpaired) electrons. The van der Waals surface area contributed by atoms with E-state index < -0.39 is 0 Å². The molecule has 0 saturated heterocycles. The molecule has 0 saturated carbocycles. The summed E-state index contributed by atoms with van der Waals surface area (Å²) in [6.45, 7) is 0. The van der Waals surface area contributed by atoms with Gasteiger partial charge in [-0.2, -0.15) is 0 Å². The van der Waals surface area contributed by atoms with Gasteiger partial charge in [-0.1, -0.05) is 0 Å². The molecule has 0 unspecified atom stereocenters. The second-order valence-electron chi connectivity index (χ2n) is 2.87. The predicted molar refractivity (Wildman–Crippen MR) is 50.9 cm³/mol. The third-order valence-corrected chi connectivity index (χ3v) is 1.80. The van der Waals surface area contributed by atoms with Crippen molar-refractivity contribution in [2.24, 2.45) is 7.05 Å². The highest BCUT2D eigenvalue weighted by Gasteiger charge is 2.00. The maximum atomic E-state index is 5.47. The Morgan fingerprint density at radius 1 is 1.38 bits per heavy atom. The number of nitrogens with two attached hydrogens (primary N) is 1. The van der Waals surface area contributed by atoms with Gasteiger partial charge in [-0.3, -0.25) is 0 Å². The molecular weight excluding hydrogens is 164 g/mol. The molecule has 0 bridgehead atoms. The predicted octanol–water partition coefficient (Wildman–Crippen LogP) is 1.06. The highest BCUT2D eigenvalue weighted by Crippen LogP contribution is 2.16. The van der Waals surface area contributed by atoms with Crippen molar-refractivity contribution in [2.75, 3.05) is 5.73 Å². The zero-order valence-corrected chi connectivity index (χ0v) is 7.31. The number of hydrogen-bond donors (Lipinski definition) is 1. The fraction of sp³-hybridized carbons (Fsp3) is 0.111. The van der Waals surface area contributed by atoms with Crippen LogP contribution in [-0.4, -0.2) is 14.5 Å². The normalized spacial score (nSPS) is 10.2. The van der Waals surface area contributed by atoms with Gasteiger partial charge in [0.1, 0.15) is 0 Å². The molecule has 66 valence electrons. The van der Waals surface area contributed by atoms with Gasteiger partial charge in [0.25, 0.3) is 0 Å². The van der Waals surface area contributed by atoms with E-state index in [-0.39, 0.29) is 0 Å². The Hall–Kier alpha value is -1.84. The van der Waals surface area contributed by atoms with Crippen molar-refractivity contribution in [1.82, 2.24) is 14.5 Å². The van der Waals surface area contributed by atoms with Crippen LogP contribution in [0.15, 0.2) is 30.7 Å². The van der Waals surface area contributed by atoms with Crippen molar-refractivity contribution in [3.8, 4) is 11.3 Å². The molecule has 0 fully saturated rings. The molecule has 2 aromatic rings. The number of aromatic nitrogens is 3. The van der Waals surface area contributed by atoms with Crippen LogP contribution in [-0.2, 0) is 7.05 Å². The maximum Gasteiger partial charge on any atom is 0.220 e. The van der Waals surface area contributed by atoms with Crippen molar-refractivity contribution in [2.45, 2.75) is 0 Å². The standard InChI is InChI=1S/C9H10N4/c1-13-5-3-7(6-13)8-2-4-11-9(10)12-8/h2-6H,1H3,(H2,10,11,12). The molecule has 0 atom stereocenters. The highest BCUT2D eigenvalue weighted by molar-refractivity contribution is 5.58. The molecule has 4 nitrogen and oxygen atoms in total. The summed E-state index contributed by atoms with van der Waals surface area (Å²) in [5.74, 6) is 0.307. The minimum atomic E-state index is 0.307. The lowest BCUT2D eigenvalue weighted by atomic mass is 10.2. The van der Waals surface area contributed by atoms with Crippen molar-refractivity contribution >= 4 is 5.95 Å². The van der Waals surface area contributed by atoms with E-state index in [4.69, 9.17) is 5.73 Å². The number of nitrogen functional groups attached to an aromatic ring is 1. The zero-order valence-electron chi connectivity index (χ0n) is 7.31. The first-order valence-corrected chi connectivity index (χ1v) is 3.96. The van der Waals surface area contributed by atoms with Gasteiger partial charge in [-0.25, -0.2) is 9.97 Å². The smallest absolute Gasteiger partial charge is 0.220 e. The Bertz CT molecular complexity index is 419. The van der Waals surface area contributed by atoms with Crippen LogP contribution in [0.5, 0.6) is 0 Å². The lowest BCUT2D eigenvalue weighted by Crippen LogP contribution is -1.94. The van der Waals surface area contributed by atoms with Crippen LogP contribution in [0.1, 0.15) is 0 Å². The highest BCUT2D eigenvalue weighted by atomic mass is 15.0. The Balaban J connectivity index is 2.46. The first-order valence-electron chi connectivity index (χ1n) is 3.96. The van der Waals surface area contributed by atoms with Gasteiger partial charge in [0, 0.05) is 31.2 Å². The molecule has 4 heteroatoms. The van der Waals surface area contributed by atoms with Gasteiger partial charge in [0.2, 0.25) is 5.95 Å². The summed E-state index contributed by atoms with van der Waals surface area (Å²) >= 11 is 0. The number of aryl methyl sites for hydroxylation is 1. The minimum Gasteiger partial charge on any atom is -0.368 e. The van der Waals surface area contributed by atoms with Crippen LogP contribution in [0.3, 0.4) is 0 Å². The van der Waals surface area contributed by atoms with E-state index in [0.717, 1.165) is 11.3 Å². The quantitative estimate of drug-likeness (QED) is 0.703. The summed E-state index contributed by atoms with van der Waals surface area (Å²) in [6, 6.07) is 3.83. The summed E-state index contributed by atoms with van der Waals surface area (Å²) < 4.78 is 1.97. The zero-order chi connectivity index (χ0) is 9.26. The summed E-state index contributed by atoms with van der Waals surface area (Å²) in [5.41, 5.74) is 7.38. The van der Waals surface area contributed by atoms with Gasteiger partial charge >= 0.3 is 0 Å². The first kappa shape index (κ1) is 7.79. The van der Waals surface area contributed by atoms with E-state index in [1.807, 2.05) is 36.1 Å². The molecule has 2 rings (SSSR count). The van der Waals surface area contributed by atoms with E-state index >= 15 is 0 Å². The molecule has 0 amide bonds. The fourth-order valence-electron chi connectivity index (χ4n) is 1.19. The molecule has 2 N–H and O–H groups in total. The third kappa shape index (κ3) is 1.51. The molecule has 0 spiro atoms. The van der Waals surface area contributed by atoms with Crippen LogP contribution in [0.4, 0.5) is 5.95 Å². The van der Waals surface area contributed by atoms with Crippen LogP contribution >= 0.6 is 0 Å². The van der Waals surface area contributed by atoms with Crippen molar-refractivity contribution in [3.63, 3.8) is 0 Å². The number of anilines is 1. The Labute approximate surface area is 76.1 Å². The second-order valence-corrected chi connectivity index (χ2v) is 2.87. The topological polar surface area (TPSA) is 56.7 Å². The minimum absolute atomic E-state index is 0.307. The third-order valence-electron chi connectivity index (χ3n) is 1.80. The molecule has 2 heterocycles. The fourth-order valence-corrected chi connectivity index (χ4v) is 1.19. The molecular formula is C9H10N4. The molecule has 0 aromatic carbocycles. The average Bonchev–Trinajstić information content (AvgIpc) is 2.52. The second kappa shape index (κ2) is 2.90. The van der Waals surface area contributed by atoms with Gasteiger partial charge in [-0.05, 0) is 12.1 Å². The van der Waals surface area contributed by atoms with Gasteiger partial charge in [0.15, 0.2) is 0 Å². The van der Waals surface area contributed by atoms with Gasteiger partial charge < -0.3 is 10.3 Å². The van der Waals surface area contributed by atoms with Crippen LogP contribution < -0.4 is 5.73 Å². The summed E-state index contributed by atoms with van der Waals surface area (Å²) in [7, 11) is 1.97. The Morgan fingerprint density at radius 3 is 2.85 bits per heavy atom. The SMILES string of the molecule is Cn1ccc(-c2ccnc(N)n2)c1. The number of nitrogens with zero attached hydrogens (tertiary/aromatic N) is 3. The molecule has 13 heavy (non-hydrogen) atoms. The summed E-state index contributed by atoms with van der Waals surface area (Å²) in [6.07, 6.45) is 5.61. The van der Waals surface area contributed by atoms with E-state index in [1.165, 1.54) is 0 Å².